The lowest BCUT2D eigenvalue weighted by Crippen LogP contribution is -2.51. The molecule has 3 N–H and O–H groups in total. The van der Waals surface area contributed by atoms with E-state index in [1.807, 2.05) is 13.8 Å². The fourth-order valence-electron chi connectivity index (χ4n) is 1.53. The molecular weight excluding hydrogens is 236 g/mol. The third-order valence-corrected chi connectivity index (χ3v) is 2.31. The molecule has 18 heavy (non-hydrogen) atoms. The number of amides is 2. The van der Waals surface area contributed by atoms with Crippen molar-refractivity contribution in [1.82, 2.24) is 10.6 Å². The minimum Gasteiger partial charge on any atom is -0.481 e. The molecule has 0 saturated carbocycles. The molecule has 0 bridgehead atoms. The lowest BCUT2D eigenvalue weighted by molar-refractivity contribution is -0.137. The van der Waals surface area contributed by atoms with Crippen molar-refractivity contribution in [1.29, 1.82) is 0 Å². The first kappa shape index (κ1) is 16.7. The van der Waals surface area contributed by atoms with Crippen LogP contribution < -0.4 is 10.6 Å². The molecule has 6 heteroatoms. The number of urea groups is 1. The molecule has 0 aromatic heterocycles. The Morgan fingerprint density at radius 1 is 1.22 bits per heavy atom. The van der Waals surface area contributed by atoms with Crippen LogP contribution in [-0.2, 0) is 9.53 Å². The van der Waals surface area contributed by atoms with Crippen LogP contribution in [0.5, 0.6) is 0 Å². The van der Waals surface area contributed by atoms with Crippen LogP contribution in [0, 0.1) is 0 Å². The van der Waals surface area contributed by atoms with E-state index in [4.69, 9.17) is 9.84 Å². The Labute approximate surface area is 108 Å². The zero-order valence-electron chi connectivity index (χ0n) is 11.4. The van der Waals surface area contributed by atoms with Crippen molar-refractivity contribution < 1.29 is 19.4 Å². The van der Waals surface area contributed by atoms with Crippen LogP contribution in [0.1, 0.15) is 39.5 Å². The summed E-state index contributed by atoms with van der Waals surface area (Å²) in [4.78, 5) is 21.8. The average molecular weight is 260 g/mol. The van der Waals surface area contributed by atoms with Crippen LogP contribution in [0.4, 0.5) is 4.79 Å². The van der Waals surface area contributed by atoms with Gasteiger partial charge in [0.2, 0.25) is 0 Å². The fraction of sp³-hybridized carbons (Fsp3) is 0.833. The van der Waals surface area contributed by atoms with Gasteiger partial charge in [0.05, 0.1) is 12.1 Å². The molecule has 0 aromatic carbocycles. The summed E-state index contributed by atoms with van der Waals surface area (Å²) in [6.07, 6.45) is 2.42. The number of hydrogen-bond donors (Lipinski definition) is 3. The molecule has 0 spiro atoms. The third kappa shape index (κ3) is 9.89. The summed E-state index contributed by atoms with van der Waals surface area (Å²) in [5, 5.41) is 14.0. The normalized spacial score (nSPS) is 11.1. The Morgan fingerprint density at radius 2 is 1.89 bits per heavy atom. The number of methoxy groups -OCH3 is 1. The Balaban J connectivity index is 3.56. The van der Waals surface area contributed by atoms with Crippen LogP contribution in [0.3, 0.4) is 0 Å². The topological polar surface area (TPSA) is 87.7 Å². The lowest BCUT2D eigenvalue weighted by atomic mass is 10.1. The summed E-state index contributed by atoms with van der Waals surface area (Å²) in [7, 11) is 1.59. The monoisotopic (exact) mass is 260 g/mol. The van der Waals surface area contributed by atoms with Crippen LogP contribution >= 0.6 is 0 Å². The number of carbonyl (C=O) groups excluding carboxylic acids is 1. The van der Waals surface area contributed by atoms with Gasteiger partial charge in [-0.1, -0.05) is 6.42 Å². The predicted molar refractivity (Wildman–Crippen MR) is 68.6 cm³/mol. The lowest BCUT2D eigenvalue weighted by Gasteiger charge is -2.25. The van der Waals surface area contributed by atoms with E-state index < -0.39 is 11.5 Å². The Bertz CT molecular complexity index is 267. The van der Waals surface area contributed by atoms with Gasteiger partial charge in [-0.05, 0) is 26.7 Å². The zero-order chi connectivity index (χ0) is 14.0. The van der Waals surface area contributed by atoms with E-state index in [2.05, 4.69) is 10.6 Å². The van der Waals surface area contributed by atoms with Gasteiger partial charge < -0.3 is 20.5 Å². The summed E-state index contributed by atoms with van der Waals surface area (Å²) in [5.41, 5.74) is -0.401. The zero-order valence-corrected chi connectivity index (χ0v) is 11.4. The number of carboxylic acid groups (broad SMARTS) is 1. The first-order valence-corrected chi connectivity index (χ1v) is 6.14. The molecule has 0 rings (SSSR count). The van der Waals surface area contributed by atoms with Crippen LogP contribution in [0.2, 0.25) is 0 Å². The van der Waals surface area contributed by atoms with E-state index in [1.165, 1.54) is 0 Å². The standard InChI is InChI=1S/C12H24N2O4/c1-12(2,9-18-3)14-11(17)13-8-6-4-5-7-10(15)16/h4-9H2,1-3H3,(H,15,16)(H2,13,14,17). The number of rotatable bonds is 9. The van der Waals surface area contributed by atoms with Gasteiger partial charge in [-0.15, -0.1) is 0 Å². The Kier molecular flexibility index (Phi) is 8.11. The van der Waals surface area contributed by atoms with Crippen molar-refractivity contribution in [3.63, 3.8) is 0 Å². The second-order valence-corrected chi connectivity index (χ2v) is 4.90. The van der Waals surface area contributed by atoms with Crippen LogP contribution in [0.25, 0.3) is 0 Å². The number of nitrogens with one attached hydrogen (secondary N) is 2. The van der Waals surface area contributed by atoms with Crippen molar-refractivity contribution in [2.24, 2.45) is 0 Å². The summed E-state index contributed by atoms with van der Waals surface area (Å²) in [6.45, 7) is 4.75. The summed E-state index contributed by atoms with van der Waals surface area (Å²) in [6, 6.07) is -0.227. The maximum absolute atomic E-state index is 11.5. The molecule has 106 valence electrons. The smallest absolute Gasteiger partial charge is 0.315 e. The molecule has 0 unspecified atom stereocenters. The minimum atomic E-state index is -0.776. The number of carbonyl (C=O) groups is 2. The SMILES string of the molecule is COCC(C)(C)NC(=O)NCCCCCC(=O)O. The molecule has 0 saturated heterocycles. The summed E-state index contributed by atoms with van der Waals surface area (Å²) in [5.74, 6) is -0.776. The van der Waals surface area contributed by atoms with E-state index in [-0.39, 0.29) is 12.5 Å². The van der Waals surface area contributed by atoms with Crippen molar-refractivity contribution in [3.05, 3.63) is 0 Å². The van der Waals surface area contributed by atoms with E-state index in [0.29, 0.717) is 19.6 Å². The van der Waals surface area contributed by atoms with Crippen LogP contribution in [0.15, 0.2) is 0 Å². The number of aliphatic carboxylic acids is 1. The van der Waals surface area contributed by atoms with Gasteiger partial charge in [0.15, 0.2) is 0 Å². The number of carboxylic acids is 1. The largest absolute Gasteiger partial charge is 0.481 e. The van der Waals surface area contributed by atoms with Gasteiger partial charge in [0.25, 0.3) is 0 Å². The third-order valence-electron chi connectivity index (χ3n) is 2.31. The number of hydrogen-bond acceptors (Lipinski definition) is 3. The van der Waals surface area contributed by atoms with E-state index in [1.54, 1.807) is 7.11 Å². The highest BCUT2D eigenvalue weighted by Gasteiger charge is 2.19. The molecule has 0 aliphatic carbocycles. The van der Waals surface area contributed by atoms with Gasteiger partial charge in [0, 0.05) is 20.1 Å². The molecule has 0 heterocycles. The maximum atomic E-state index is 11.5. The van der Waals surface area contributed by atoms with Crippen molar-refractivity contribution >= 4 is 12.0 Å². The van der Waals surface area contributed by atoms with E-state index in [9.17, 15) is 9.59 Å². The van der Waals surface area contributed by atoms with Gasteiger partial charge in [0.1, 0.15) is 0 Å². The molecule has 0 fully saturated rings. The van der Waals surface area contributed by atoms with Crippen LogP contribution in [-0.4, -0.2) is 42.9 Å². The first-order chi connectivity index (χ1) is 8.37. The molecule has 0 aliphatic heterocycles. The van der Waals surface area contributed by atoms with Crippen molar-refractivity contribution in [2.45, 2.75) is 45.1 Å². The predicted octanol–water partition coefficient (Wildman–Crippen LogP) is 1.36. The van der Waals surface area contributed by atoms with Gasteiger partial charge >= 0.3 is 12.0 Å². The molecule has 0 radical (unpaired) electrons. The van der Waals surface area contributed by atoms with E-state index in [0.717, 1.165) is 12.8 Å². The van der Waals surface area contributed by atoms with E-state index >= 15 is 0 Å². The number of ether oxygens (including phenoxy) is 1. The fourth-order valence-corrected chi connectivity index (χ4v) is 1.53. The Morgan fingerprint density at radius 3 is 2.44 bits per heavy atom. The summed E-state index contributed by atoms with van der Waals surface area (Å²) >= 11 is 0. The molecule has 0 atom stereocenters. The quantitative estimate of drug-likeness (QED) is 0.546. The second-order valence-electron chi connectivity index (χ2n) is 4.90. The van der Waals surface area contributed by atoms with Gasteiger partial charge in [-0.2, -0.15) is 0 Å². The molecule has 2 amide bonds. The highest BCUT2D eigenvalue weighted by molar-refractivity contribution is 5.74. The minimum absolute atomic E-state index is 0.188. The molecule has 0 aromatic rings. The summed E-state index contributed by atoms with van der Waals surface area (Å²) < 4.78 is 4.99. The second kappa shape index (κ2) is 8.74. The maximum Gasteiger partial charge on any atom is 0.315 e. The molecule has 0 aliphatic rings. The molecule has 6 nitrogen and oxygen atoms in total. The highest BCUT2D eigenvalue weighted by atomic mass is 16.5. The van der Waals surface area contributed by atoms with Crippen molar-refractivity contribution in [2.75, 3.05) is 20.3 Å². The van der Waals surface area contributed by atoms with Gasteiger partial charge in [-0.25, -0.2) is 4.79 Å². The number of unbranched alkanes of at least 4 members (excludes halogenated alkanes) is 2. The van der Waals surface area contributed by atoms with Crippen molar-refractivity contribution in [3.8, 4) is 0 Å². The van der Waals surface area contributed by atoms with Gasteiger partial charge in [-0.3, -0.25) is 4.79 Å². The first-order valence-electron chi connectivity index (χ1n) is 6.14. The molecular formula is C12H24N2O4. The highest BCUT2D eigenvalue weighted by Crippen LogP contribution is 2.02. The average Bonchev–Trinajstić information content (AvgIpc) is 2.21. The Hall–Kier alpha value is -1.30.